The Kier molecular flexibility index (Phi) is 5.07. The third-order valence-corrected chi connectivity index (χ3v) is 6.82. The van der Waals surface area contributed by atoms with Crippen molar-refractivity contribution in [3.8, 4) is 5.75 Å². The lowest BCUT2D eigenvalue weighted by Gasteiger charge is -2.19. The summed E-state index contributed by atoms with van der Waals surface area (Å²) in [7, 11) is 0. The van der Waals surface area contributed by atoms with E-state index in [2.05, 4.69) is 22.4 Å². The minimum atomic E-state index is -0.996. The van der Waals surface area contributed by atoms with Crippen LogP contribution in [-0.4, -0.2) is 34.9 Å². The second-order valence-corrected chi connectivity index (χ2v) is 9.05. The summed E-state index contributed by atoms with van der Waals surface area (Å²) in [6, 6.07) is 13.3. The monoisotopic (exact) mass is 450 g/mol. The molecule has 2 aromatic carbocycles. The van der Waals surface area contributed by atoms with Gasteiger partial charge < -0.3 is 20.3 Å². The Morgan fingerprint density at radius 2 is 2.00 bits per heavy atom. The zero-order chi connectivity index (χ0) is 22.5. The number of carboxylic acids is 1. The lowest BCUT2D eigenvalue weighted by molar-refractivity contribution is 0.0695. The van der Waals surface area contributed by atoms with Crippen LogP contribution in [0, 0.1) is 6.92 Å². The van der Waals surface area contributed by atoms with Crippen molar-refractivity contribution in [2.45, 2.75) is 37.6 Å². The van der Waals surface area contributed by atoms with Crippen molar-refractivity contribution in [3.63, 3.8) is 0 Å². The van der Waals surface area contributed by atoms with Crippen LogP contribution in [0.1, 0.15) is 46.3 Å². The summed E-state index contributed by atoms with van der Waals surface area (Å²) in [6.07, 6.45) is 4.59. The molecule has 3 N–H and O–H groups in total. The van der Waals surface area contributed by atoms with E-state index in [0.717, 1.165) is 34.7 Å². The number of benzene rings is 2. The molecule has 1 unspecified atom stereocenters. The number of nitrogens with one attached hydrogen (secondary N) is 1. The number of amidine groups is 1. The molecule has 1 fully saturated rings. The van der Waals surface area contributed by atoms with E-state index in [1.807, 2.05) is 18.2 Å². The van der Waals surface area contributed by atoms with E-state index in [-0.39, 0.29) is 23.6 Å². The molecule has 0 bridgehead atoms. The van der Waals surface area contributed by atoms with Gasteiger partial charge in [0.2, 0.25) is 0 Å². The molecule has 3 aliphatic rings. The largest absolute Gasteiger partial charge is 0.478 e. The third kappa shape index (κ3) is 3.70. The molecule has 1 atom stereocenters. The van der Waals surface area contributed by atoms with Crippen LogP contribution in [0.2, 0.25) is 0 Å². The lowest BCUT2D eigenvalue weighted by Crippen LogP contribution is -2.25. The van der Waals surface area contributed by atoms with Gasteiger partial charge in [-0.15, -0.1) is 0 Å². The number of carboxylic acid groups (broad SMARTS) is 1. The fourth-order valence-corrected chi connectivity index (χ4v) is 4.55. The molecular weight excluding hydrogens is 428 g/mol. The number of carbonyl (C=O) groups is 1. The van der Waals surface area contributed by atoms with Gasteiger partial charge in [-0.05, 0) is 60.2 Å². The van der Waals surface area contributed by atoms with Gasteiger partial charge in [0.25, 0.3) is 6.02 Å². The van der Waals surface area contributed by atoms with E-state index < -0.39 is 5.97 Å². The van der Waals surface area contributed by atoms with Crippen LogP contribution >= 0.6 is 11.6 Å². The first kappa shape index (κ1) is 20.8. The second-order valence-electron chi connectivity index (χ2n) is 8.60. The highest BCUT2D eigenvalue weighted by molar-refractivity contribution is 6.33. The van der Waals surface area contributed by atoms with E-state index in [9.17, 15) is 15.0 Å². The lowest BCUT2D eigenvalue weighted by atomic mass is 9.91. The number of aliphatic hydroxyl groups excluding tert-OH is 1. The number of hydrogen-bond donors (Lipinski definition) is 3. The molecule has 1 saturated carbocycles. The molecule has 2 aliphatic carbocycles. The number of aryl methyl sites for hydroxylation is 1. The number of nitrogens with zero attached hydrogens (tertiary/aromatic N) is 1. The molecule has 7 heteroatoms. The first-order valence-electron chi connectivity index (χ1n) is 10.6. The Morgan fingerprint density at radius 1 is 1.25 bits per heavy atom. The van der Waals surface area contributed by atoms with Gasteiger partial charge >= 0.3 is 5.97 Å². The number of allylic oxidation sites excluding steroid dienone is 2. The Balaban J connectivity index is 1.33. The maximum atomic E-state index is 11.4. The van der Waals surface area contributed by atoms with E-state index in [1.54, 1.807) is 19.1 Å². The molecule has 5 rings (SSSR count). The van der Waals surface area contributed by atoms with Gasteiger partial charge in [0, 0.05) is 22.6 Å². The number of ether oxygens (including phenoxy) is 1. The number of rotatable bonds is 5. The highest BCUT2D eigenvalue weighted by atomic mass is 35.5. The summed E-state index contributed by atoms with van der Waals surface area (Å²) < 4.78 is 5.81. The summed E-state index contributed by atoms with van der Waals surface area (Å²) in [5, 5.41) is 22.9. The number of halogens is 1. The van der Waals surface area contributed by atoms with Gasteiger partial charge in [0.1, 0.15) is 11.8 Å². The molecule has 1 heterocycles. The first-order chi connectivity index (χ1) is 15.4. The standard InChI is InChI=1S/C25H23ClN2O4/c1-14-2-7-17(10-18(14)23(30)31)32-24-27-21-11-19(20(26)12-22(21)28-24)15-3-5-16(6-4-15)25(13-29)8-9-25/h2-7,10-11,22,29H,8-9,12-13H2,1H3,(H,27,28)(H,30,31). The summed E-state index contributed by atoms with van der Waals surface area (Å²) >= 11 is 6.63. The molecule has 0 spiro atoms. The van der Waals surface area contributed by atoms with Gasteiger partial charge in [-0.25, -0.2) is 9.79 Å². The fraction of sp³-hybridized carbons (Fsp3) is 0.280. The normalized spacial score (nSPS) is 20.8. The molecule has 6 nitrogen and oxygen atoms in total. The van der Waals surface area contributed by atoms with Crippen molar-refractivity contribution in [2.24, 2.45) is 4.99 Å². The predicted molar refractivity (Wildman–Crippen MR) is 123 cm³/mol. The van der Waals surface area contributed by atoms with Crippen molar-refractivity contribution in [2.75, 3.05) is 6.61 Å². The summed E-state index contributed by atoms with van der Waals surface area (Å²) in [5.41, 5.74) is 4.81. The fourth-order valence-electron chi connectivity index (χ4n) is 4.24. The number of aliphatic hydroxyl groups is 1. The maximum absolute atomic E-state index is 11.4. The number of aromatic carboxylic acids is 1. The average molecular weight is 451 g/mol. The number of aliphatic imine (C=N–C) groups is 1. The zero-order valence-corrected chi connectivity index (χ0v) is 18.3. The second kappa shape index (κ2) is 7.80. The summed E-state index contributed by atoms with van der Waals surface area (Å²) in [5.74, 6) is -0.588. The quantitative estimate of drug-likeness (QED) is 0.629. The Bertz CT molecular complexity index is 1190. The van der Waals surface area contributed by atoms with Crippen molar-refractivity contribution < 1.29 is 19.7 Å². The van der Waals surface area contributed by atoms with Crippen LogP contribution < -0.4 is 10.1 Å². The minimum Gasteiger partial charge on any atom is -0.478 e. The van der Waals surface area contributed by atoms with Crippen molar-refractivity contribution in [1.29, 1.82) is 0 Å². The summed E-state index contributed by atoms with van der Waals surface area (Å²) in [4.78, 5) is 15.9. The van der Waals surface area contributed by atoms with E-state index in [4.69, 9.17) is 16.3 Å². The van der Waals surface area contributed by atoms with E-state index >= 15 is 0 Å². The Hall–Kier alpha value is -3.09. The molecule has 164 valence electrons. The van der Waals surface area contributed by atoms with Crippen LogP contribution in [0.4, 0.5) is 0 Å². The summed E-state index contributed by atoms with van der Waals surface area (Å²) in [6.45, 7) is 1.93. The first-order valence-corrected chi connectivity index (χ1v) is 10.9. The van der Waals surface area contributed by atoms with Crippen LogP contribution in [-0.2, 0) is 5.41 Å². The molecule has 0 saturated heterocycles. The van der Waals surface area contributed by atoms with Crippen LogP contribution in [0.3, 0.4) is 0 Å². The van der Waals surface area contributed by atoms with Gasteiger partial charge in [0.05, 0.1) is 12.2 Å². The Morgan fingerprint density at radius 3 is 2.66 bits per heavy atom. The highest BCUT2D eigenvalue weighted by Gasteiger charge is 2.43. The zero-order valence-electron chi connectivity index (χ0n) is 17.6. The van der Waals surface area contributed by atoms with Crippen molar-refractivity contribution in [1.82, 2.24) is 5.32 Å². The van der Waals surface area contributed by atoms with Gasteiger partial charge in [-0.1, -0.05) is 41.9 Å². The molecule has 32 heavy (non-hydrogen) atoms. The number of fused-ring (bicyclic) bond motifs is 1. The smallest absolute Gasteiger partial charge is 0.336 e. The molecule has 0 amide bonds. The highest BCUT2D eigenvalue weighted by Crippen LogP contribution is 2.48. The molecular formula is C25H23ClN2O4. The van der Waals surface area contributed by atoms with Crippen LogP contribution in [0.25, 0.3) is 5.57 Å². The van der Waals surface area contributed by atoms with Gasteiger partial charge in [-0.3, -0.25) is 0 Å². The Labute approximate surface area is 190 Å². The predicted octanol–water partition coefficient (Wildman–Crippen LogP) is 4.36. The van der Waals surface area contributed by atoms with Gasteiger partial charge in [0.15, 0.2) is 0 Å². The average Bonchev–Trinajstić information content (AvgIpc) is 3.49. The molecule has 0 radical (unpaired) electrons. The number of hydrogen-bond acceptors (Lipinski definition) is 5. The SMILES string of the molecule is Cc1ccc(OC2=NC3CC(Cl)=C(c4ccc(C5(CO)CC5)cc4)C=C3N2)cc1C(=O)O. The topological polar surface area (TPSA) is 91.2 Å². The minimum absolute atomic E-state index is 0.0591. The van der Waals surface area contributed by atoms with Crippen molar-refractivity contribution >= 4 is 29.2 Å². The molecule has 2 aromatic rings. The third-order valence-electron chi connectivity index (χ3n) is 6.47. The van der Waals surface area contributed by atoms with Crippen LogP contribution in [0.5, 0.6) is 5.75 Å². The maximum Gasteiger partial charge on any atom is 0.336 e. The van der Waals surface area contributed by atoms with E-state index in [1.165, 1.54) is 11.6 Å². The molecule has 1 aliphatic heterocycles. The molecule has 0 aromatic heterocycles. The van der Waals surface area contributed by atoms with Crippen molar-refractivity contribution in [3.05, 3.63) is 81.5 Å². The van der Waals surface area contributed by atoms with Crippen LogP contribution in [0.15, 0.2) is 64.3 Å². The van der Waals surface area contributed by atoms with E-state index in [0.29, 0.717) is 23.8 Å². The van der Waals surface area contributed by atoms with Gasteiger partial charge in [-0.2, -0.15) is 0 Å².